The van der Waals surface area contributed by atoms with Crippen LogP contribution in [0.25, 0.3) is 11.0 Å². The molecular weight excluding hydrogens is 396 g/mol. The molecular formula is C21H30N8O2. The maximum absolute atomic E-state index is 9.79. The van der Waals surface area contributed by atoms with Crippen LogP contribution in [-0.4, -0.2) is 45.2 Å². The van der Waals surface area contributed by atoms with Gasteiger partial charge in [0.1, 0.15) is 17.1 Å². The molecule has 2 heterocycles. The molecule has 0 aliphatic carbocycles. The number of rotatable bonds is 10. The number of ether oxygens (including phenoxy) is 1. The number of nitrogens with one attached hydrogen (secondary N) is 1. The Morgan fingerprint density at radius 3 is 2.81 bits per heavy atom. The van der Waals surface area contributed by atoms with Crippen LogP contribution in [0.3, 0.4) is 0 Å². The number of nitrogens with two attached hydrogens (primary N) is 3. The highest BCUT2D eigenvalue weighted by molar-refractivity contribution is 5.97. The molecule has 31 heavy (non-hydrogen) atoms. The summed E-state index contributed by atoms with van der Waals surface area (Å²) in [6.07, 6.45) is 4.78. The number of aliphatic hydroxyl groups excluding tert-OH is 1. The monoisotopic (exact) mass is 426 g/mol. The lowest BCUT2D eigenvalue weighted by molar-refractivity contribution is 0.267. The summed E-state index contributed by atoms with van der Waals surface area (Å²) in [7, 11) is 1.61. The zero-order valence-corrected chi connectivity index (χ0v) is 17.9. The molecule has 0 spiro atoms. The molecule has 2 aromatic heterocycles. The Hall–Kier alpha value is -3.53. The summed E-state index contributed by atoms with van der Waals surface area (Å²) in [6, 6.07) is 7.27. The molecule has 166 valence electrons. The Balaban J connectivity index is 2.02. The van der Waals surface area contributed by atoms with Crippen molar-refractivity contribution >= 4 is 28.6 Å². The Morgan fingerprint density at radius 1 is 1.32 bits per heavy atom. The van der Waals surface area contributed by atoms with Crippen LogP contribution < -0.4 is 27.4 Å². The van der Waals surface area contributed by atoms with Gasteiger partial charge in [-0.3, -0.25) is 0 Å². The van der Waals surface area contributed by atoms with Crippen molar-refractivity contribution in [3.63, 3.8) is 0 Å². The second kappa shape index (κ2) is 9.98. The molecule has 1 atom stereocenters. The van der Waals surface area contributed by atoms with Crippen molar-refractivity contribution in [2.24, 2.45) is 16.7 Å². The van der Waals surface area contributed by atoms with Gasteiger partial charge >= 0.3 is 0 Å². The normalized spacial score (nSPS) is 12.8. The lowest BCUT2D eigenvalue weighted by Crippen LogP contribution is -2.25. The van der Waals surface area contributed by atoms with Crippen LogP contribution in [0, 0.1) is 0 Å². The molecule has 1 unspecified atom stereocenters. The number of methoxy groups -OCH3 is 1. The minimum absolute atomic E-state index is 0.000319. The van der Waals surface area contributed by atoms with Gasteiger partial charge in [-0.05, 0) is 30.7 Å². The minimum Gasteiger partial charge on any atom is -0.496 e. The highest BCUT2D eigenvalue weighted by Crippen LogP contribution is 2.27. The molecule has 10 heteroatoms. The van der Waals surface area contributed by atoms with E-state index in [0.29, 0.717) is 29.2 Å². The average Bonchev–Trinajstić information content (AvgIpc) is 3.18. The van der Waals surface area contributed by atoms with E-state index in [1.807, 2.05) is 29.0 Å². The number of fused-ring (bicyclic) bond motifs is 1. The smallest absolute Gasteiger partial charge is 0.222 e. The van der Waals surface area contributed by atoms with Crippen molar-refractivity contribution in [2.45, 2.75) is 38.8 Å². The first-order valence-electron chi connectivity index (χ1n) is 10.2. The van der Waals surface area contributed by atoms with Gasteiger partial charge < -0.3 is 37.0 Å². The zero-order chi connectivity index (χ0) is 22.4. The second-order valence-corrected chi connectivity index (χ2v) is 7.31. The number of hydrogen-bond donors (Lipinski definition) is 5. The molecule has 0 bridgehead atoms. The molecule has 0 aliphatic heterocycles. The second-order valence-electron chi connectivity index (χ2n) is 7.31. The summed E-state index contributed by atoms with van der Waals surface area (Å²) < 4.78 is 7.53. The van der Waals surface area contributed by atoms with E-state index in [1.54, 1.807) is 13.2 Å². The number of amidine groups is 1. The van der Waals surface area contributed by atoms with E-state index in [9.17, 15) is 5.11 Å². The summed E-state index contributed by atoms with van der Waals surface area (Å²) in [5.74, 6) is 7.03. The Kier molecular flexibility index (Phi) is 7.14. The number of benzene rings is 1. The quantitative estimate of drug-likeness (QED) is 0.141. The van der Waals surface area contributed by atoms with E-state index in [2.05, 4.69) is 27.3 Å². The fourth-order valence-electron chi connectivity index (χ4n) is 3.53. The predicted octanol–water partition coefficient (Wildman–Crippen LogP) is 1.61. The van der Waals surface area contributed by atoms with Crippen molar-refractivity contribution in [3.8, 4) is 5.75 Å². The SMILES string of the molecule is CCCCC(CO)Nc1nc(N)nc2ccn(Cc3cc(/C(N)=N/N)ccc3OC)c12. The molecule has 1 aromatic carbocycles. The molecule has 3 aromatic rings. The van der Waals surface area contributed by atoms with Gasteiger partial charge in [0, 0.05) is 17.3 Å². The number of unbranched alkanes of at least 4 members (excludes halogenated alkanes) is 1. The number of nitrogens with zero attached hydrogens (tertiary/aromatic N) is 4. The van der Waals surface area contributed by atoms with Crippen molar-refractivity contribution in [2.75, 3.05) is 24.8 Å². The Labute approximate surface area is 181 Å². The largest absolute Gasteiger partial charge is 0.496 e. The third-order valence-corrected chi connectivity index (χ3v) is 5.15. The van der Waals surface area contributed by atoms with Gasteiger partial charge in [0.15, 0.2) is 5.82 Å². The van der Waals surface area contributed by atoms with Crippen LogP contribution in [0.5, 0.6) is 5.75 Å². The fourth-order valence-corrected chi connectivity index (χ4v) is 3.53. The molecule has 0 radical (unpaired) electrons. The van der Waals surface area contributed by atoms with Gasteiger partial charge in [-0.15, -0.1) is 0 Å². The molecule has 8 N–H and O–H groups in total. The molecule has 0 fully saturated rings. The molecule has 0 saturated carbocycles. The van der Waals surface area contributed by atoms with Crippen molar-refractivity contribution in [1.82, 2.24) is 14.5 Å². The van der Waals surface area contributed by atoms with Crippen molar-refractivity contribution in [3.05, 3.63) is 41.6 Å². The lowest BCUT2D eigenvalue weighted by atomic mass is 10.1. The summed E-state index contributed by atoms with van der Waals surface area (Å²) in [5, 5.41) is 16.7. The van der Waals surface area contributed by atoms with Crippen LogP contribution in [-0.2, 0) is 6.54 Å². The number of aromatic nitrogens is 3. The average molecular weight is 427 g/mol. The van der Waals surface area contributed by atoms with Gasteiger partial charge in [0.2, 0.25) is 5.95 Å². The van der Waals surface area contributed by atoms with E-state index in [1.165, 1.54) is 0 Å². The number of hydrazone groups is 1. The first-order chi connectivity index (χ1) is 15.0. The van der Waals surface area contributed by atoms with Crippen LogP contribution in [0.1, 0.15) is 37.3 Å². The van der Waals surface area contributed by atoms with Crippen molar-refractivity contribution in [1.29, 1.82) is 0 Å². The van der Waals surface area contributed by atoms with Gasteiger partial charge in [-0.1, -0.05) is 19.8 Å². The van der Waals surface area contributed by atoms with E-state index in [0.717, 1.165) is 30.3 Å². The van der Waals surface area contributed by atoms with E-state index in [4.69, 9.17) is 22.0 Å². The maximum Gasteiger partial charge on any atom is 0.222 e. The molecule has 3 rings (SSSR count). The summed E-state index contributed by atoms with van der Waals surface area (Å²) >= 11 is 0. The standard InChI is InChI=1S/C21H30N8O2/c1-3-4-5-15(12-30)25-20-18-16(26-21(23)27-20)8-9-29(18)11-14-10-13(19(22)28-24)6-7-17(14)31-2/h6-10,15,30H,3-5,11-12,24H2,1-2H3,(H2,22,28)(H3,23,25,26,27). The number of aliphatic hydroxyl groups is 1. The third-order valence-electron chi connectivity index (χ3n) is 5.15. The summed E-state index contributed by atoms with van der Waals surface area (Å²) in [5.41, 5.74) is 14.9. The van der Waals surface area contributed by atoms with Crippen LogP contribution in [0.15, 0.2) is 35.6 Å². The van der Waals surface area contributed by atoms with Gasteiger partial charge in [-0.2, -0.15) is 10.1 Å². The van der Waals surface area contributed by atoms with Crippen LogP contribution in [0.2, 0.25) is 0 Å². The van der Waals surface area contributed by atoms with Gasteiger partial charge in [0.25, 0.3) is 0 Å². The number of hydrogen-bond acceptors (Lipinski definition) is 8. The fraction of sp³-hybridized carbons (Fsp3) is 0.381. The number of nitrogen functional groups attached to an aromatic ring is 1. The summed E-state index contributed by atoms with van der Waals surface area (Å²) in [4.78, 5) is 8.76. The summed E-state index contributed by atoms with van der Waals surface area (Å²) in [6.45, 7) is 2.59. The van der Waals surface area contributed by atoms with Gasteiger partial charge in [-0.25, -0.2) is 4.98 Å². The molecule has 0 aliphatic rings. The zero-order valence-electron chi connectivity index (χ0n) is 17.9. The van der Waals surface area contributed by atoms with Gasteiger partial charge in [0.05, 0.1) is 31.8 Å². The first kappa shape index (κ1) is 22.2. The highest BCUT2D eigenvalue weighted by atomic mass is 16.5. The molecule has 10 nitrogen and oxygen atoms in total. The highest BCUT2D eigenvalue weighted by Gasteiger charge is 2.17. The molecule has 0 amide bonds. The minimum atomic E-state index is -0.126. The topological polar surface area (TPSA) is 163 Å². The first-order valence-corrected chi connectivity index (χ1v) is 10.2. The maximum atomic E-state index is 9.79. The van der Waals surface area contributed by atoms with E-state index < -0.39 is 0 Å². The van der Waals surface area contributed by atoms with E-state index >= 15 is 0 Å². The van der Waals surface area contributed by atoms with E-state index in [-0.39, 0.29) is 24.4 Å². The number of anilines is 2. The Bertz CT molecular complexity index is 1060. The predicted molar refractivity (Wildman–Crippen MR) is 123 cm³/mol. The van der Waals surface area contributed by atoms with Crippen molar-refractivity contribution < 1.29 is 9.84 Å². The Morgan fingerprint density at radius 2 is 2.13 bits per heavy atom. The lowest BCUT2D eigenvalue weighted by Gasteiger charge is -2.19. The molecule has 0 saturated heterocycles. The van der Waals surface area contributed by atoms with Crippen LogP contribution >= 0.6 is 0 Å². The third kappa shape index (κ3) is 4.97. The van der Waals surface area contributed by atoms with Crippen LogP contribution in [0.4, 0.5) is 11.8 Å².